The van der Waals surface area contributed by atoms with Crippen molar-refractivity contribution in [3.05, 3.63) is 78.6 Å². The van der Waals surface area contributed by atoms with Crippen molar-refractivity contribution in [3.8, 4) is 0 Å². The molecule has 0 fully saturated rings. The number of amides is 1. The number of hydrogen-bond acceptors (Lipinski definition) is 4. The van der Waals surface area contributed by atoms with Crippen molar-refractivity contribution in [3.63, 3.8) is 0 Å². The average Bonchev–Trinajstić information content (AvgIpc) is 2.70. The molecule has 1 aromatic heterocycles. The van der Waals surface area contributed by atoms with E-state index in [4.69, 9.17) is 0 Å². The molecule has 1 amide bonds. The highest BCUT2D eigenvalue weighted by Crippen LogP contribution is 2.47. The Labute approximate surface area is 157 Å². The molecule has 0 saturated heterocycles. The van der Waals surface area contributed by atoms with Crippen LogP contribution in [0.4, 0.5) is 11.4 Å². The summed E-state index contributed by atoms with van der Waals surface area (Å²) in [5.41, 5.74) is 3.38. The Balaban J connectivity index is 1.45. The highest BCUT2D eigenvalue weighted by atomic mass is 32.2. The molecule has 0 aliphatic carbocycles. The van der Waals surface area contributed by atoms with Crippen molar-refractivity contribution >= 4 is 29.0 Å². The molecule has 0 bridgehead atoms. The topological polar surface area (TPSA) is 45.2 Å². The fourth-order valence-corrected chi connectivity index (χ4v) is 4.12. The molecule has 4 nitrogen and oxygen atoms in total. The zero-order chi connectivity index (χ0) is 17.8. The van der Waals surface area contributed by atoms with Crippen LogP contribution in [0.2, 0.25) is 0 Å². The number of hydrogen-bond donors (Lipinski definition) is 1. The number of para-hydroxylation sites is 2. The lowest BCUT2D eigenvalue weighted by atomic mass is 10.2. The summed E-state index contributed by atoms with van der Waals surface area (Å²) < 4.78 is 0. The molecule has 0 spiro atoms. The molecule has 0 atom stereocenters. The van der Waals surface area contributed by atoms with Gasteiger partial charge in [-0.3, -0.25) is 9.78 Å². The molecular formula is C21H19N3OS. The maximum Gasteiger partial charge on any atom is 0.222 e. The van der Waals surface area contributed by atoms with E-state index in [1.165, 1.54) is 9.79 Å². The standard InChI is InChI=1S/C21H19N3OS/c25-21(23-15-16-9-12-22-13-10-16)11-14-24-17-5-1-3-7-19(17)26-20-8-4-2-6-18(20)24/h1-10,12-13H,11,14-15H2,(H,23,25). The Morgan fingerprint density at radius 2 is 1.54 bits per heavy atom. The summed E-state index contributed by atoms with van der Waals surface area (Å²) in [5.74, 6) is 0.0509. The van der Waals surface area contributed by atoms with E-state index in [2.05, 4.69) is 51.6 Å². The van der Waals surface area contributed by atoms with Crippen LogP contribution in [-0.2, 0) is 11.3 Å². The van der Waals surface area contributed by atoms with Crippen LogP contribution in [-0.4, -0.2) is 17.4 Å². The van der Waals surface area contributed by atoms with Gasteiger partial charge in [0.25, 0.3) is 0 Å². The summed E-state index contributed by atoms with van der Waals surface area (Å²) in [6.45, 7) is 1.18. The monoisotopic (exact) mass is 361 g/mol. The number of anilines is 2. The van der Waals surface area contributed by atoms with Crippen LogP contribution in [0.3, 0.4) is 0 Å². The second kappa shape index (κ2) is 7.62. The summed E-state index contributed by atoms with van der Waals surface area (Å²) in [5, 5.41) is 2.99. The maximum absolute atomic E-state index is 12.3. The first-order valence-corrected chi connectivity index (χ1v) is 9.42. The van der Waals surface area contributed by atoms with E-state index in [-0.39, 0.29) is 5.91 Å². The van der Waals surface area contributed by atoms with Crippen molar-refractivity contribution in [2.45, 2.75) is 22.8 Å². The first kappa shape index (κ1) is 16.7. The minimum Gasteiger partial charge on any atom is -0.352 e. The molecule has 5 heteroatoms. The maximum atomic E-state index is 12.3. The second-order valence-corrected chi connectivity index (χ2v) is 7.16. The second-order valence-electron chi connectivity index (χ2n) is 6.07. The van der Waals surface area contributed by atoms with Gasteiger partial charge in [-0.05, 0) is 42.0 Å². The molecule has 2 aromatic carbocycles. The number of carbonyl (C=O) groups excluding carboxylic acids is 1. The van der Waals surface area contributed by atoms with E-state index >= 15 is 0 Å². The predicted molar refractivity (Wildman–Crippen MR) is 105 cm³/mol. The molecule has 1 aliphatic heterocycles. The molecule has 0 unspecified atom stereocenters. The Hall–Kier alpha value is -2.79. The Kier molecular flexibility index (Phi) is 4.88. The van der Waals surface area contributed by atoms with E-state index in [0.29, 0.717) is 19.5 Å². The quantitative estimate of drug-likeness (QED) is 0.732. The molecular weight excluding hydrogens is 342 g/mol. The van der Waals surface area contributed by atoms with Crippen LogP contribution in [0.5, 0.6) is 0 Å². The molecule has 2 heterocycles. The third-order valence-corrected chi connectivity index (χ3v) is 5.46. The molecule has 3 aromatic rings. The van der Waals surface area contributed by atoms with E-state index in [1.54, 1.807) is 24.2 Å². The van der Waals surface area contributed by atoms with Crippen molar-refractivity contribution in [2.75, 3.05) is 11.4 Å². The van der Waals surface area contributed by atoms with Gasteiger partial charge in [0.2, 0.25) is 5.91 Å². The molecule has 1 N–H and O–H groups in total. The zero-order valence-electron chi connectivity index (χ0n) is 14.3. The Morgan fingerprint density at radius 1 is 0.923 bits per heavy atom. The Morgan fingerprint density at radius 3 is 2.19 bits per heavy atom. The fourth-order valence-electron chi connectivity index (χ4n) is 3.03. The summed E-state index contributed by atoms with van der Waals surface area (Å²) in [4.78, 5) is 21.0. The van der Waals surface area contributed by atoms with Crippen molar-refractivity contribution < 1.29 is 4.79 Å². The molecule has 26 heavy (non-hydrogen) atoms. The summed E-state index contributed by atoms with van der Waals surface area (Å²) in [7, 11) is 0. The van der Waals surface area contributed by atoms with Gasteiger partial charge >= 0.3 is 0 Å². The number of nitrogens with one attached hydrogen (secondary N) is 1. The number of nitrogens with zero attached hydrogens (tertiary/aromatic N) is 2. The van der Waals surface area contributed by atoms with Gasteiger partial charge in [0.15, 0.2) is 0 Å². The lowest BCUT2D eigenvalue weighted by molar-refractivity contribution is -0.121. The van der Waals surface area contributed by atoms with Gasteiger partial charge in [-0.25, -0.2) is 0 Å². The van der Waals surface area contributed by atoms with E-state index in [0.717, 1.165) is 16.9 Å². The first-order chi connectivity index (χ1) is 12.8. The number of pyridine rings is 1. The summed E-state index contributed by atoms with van der Waals surface area (Å²) >= 11 is 1.78. The summed E-state index contributed by atoms with van der Waals surface area (Å²) in [6, 6.07) is 20.5. The van der Waals surface area contributed by atoms with Crippen LogP contribution < -0.4 is 10.2 Å². The van der Waals surface area contributed by atoms with Crippen LogP contribution in [0.25, 0.3) is 0 Å². The lowest BCUT2D eigenvalue weighted by Crippen LogP contribution is -2.29. The molecule has 0 saturated carbocycles. The van der Waals surface area contributed by atoms with Gasteiger partial charge in [0, 0.05) is 41.7 Å². The van der Waals surface area contributed by atoms with E-state index in [9.17, 15) is 4.79 Å². The third-order valence-electron chi connectivity index (χ3n) is 4.33. The lowest BCUT2D eigenvalue weighted by Gasteiger charge is -2.32. The van der Waals surface area contributed by atoms with Crippen molar-refractivity contribution in [1.29, 1.82) is 0 Å². The van der Waals surface area contributed by atoms with Crippen LogP contribution in [0.1, 0.15) is 12.0 Å². The number of benzene rings is 2. The smallest absolute Gasteiger partial charge is 0.222 e. The van der Waals surface area contributed by atoms with Gasteiger partial charge in [-0.1, -0.05) is 36.0 Å². The SMILES string of the molecule is O=C(CCN1c2ccccc2Sc2ccccc21)NCc1ccncc1. The molecule has 0 radical (unpaired) electrons. The van der Waals surface area contributed by atoms with Gasteiger partial charge in [-0.15, -0.1) is 0 Å². The van der Waals surface area contributed by atoms with Crippen molar-refractivity contribution in [1.82, 2.24) is 10.3 Å². The number of carbonyl (C=O) groups is 1. The normalized spacial score (nSPS) is 12.2. The molecule has 4 rings (SSSR count). The van der Waals surface area contributed by atoms with Crippen LogP contribution in [0, 0.1) is 0 Å². The third kappa shape index (κ3) is 3.58. The van der Waals surface area contributed by atoms with Gasteiger partial charge < -0.3 is 10.2 Å². The van der Waals surface area contributed by atoms with E-state index < -0.39 is 0 Å². The first-order valence-electron chi connectivity index (χ1n) is 8.60. The van der Waals surface area contributed by atoms with Crippen LogP contribution >= 0.6 is 11.8 Å². The van der Waals surface area contributed by atoms with E-state index in [1.807, 2.05) is 24.3 Å². The molecule has 1 aliphatic rings. The van der Waals surface area contributed by atoms with Gasteiger partial charge in [-0.2, -0.15) is 0 Å². The number of fused-ring (bicyclic) bond motifs is 2. The zero-order valence-corrected chi connectivity index (χ0v) is 15.1. The number of rotatable bonds is 5. The Bertz CT molecular complexity index is 868. The van der Waals surface area contributed by atoms with Gasteiger partial charge in [0.1, 0.15) is 0 Å². The highest BCUT2D eigenvalue weighted by Gasteiger charge is 2.22. The number of aromatic nitrogens is 1. The molecule has 130 valence electrons. The van der Waals surface area contributed by atoms with Gasteiger partial charge in [0.05, 0.1) is 11.4 Å². The highest BCUT2D eigenvalue weighted by molar-refractivity contribution is 7.99. The average molecular weight is 361 g/mol. The minimum atomic E-state index is 0.0509. The largest absolute Gasteiger partial charge is 0.352 e. The summed E-state index contributed by atoms with van der Waals surface area (Å²) in [6.07, 6.45) is 3.92. The predicted octanol–water partition coefficient (Wildman–Crippen LogP) is 4.39. The van der Waals surface area contributed by atoms with Crippen molar-refractivity contribution in [2.24, 2.45) is 0 Å². The van der Waals surface area contributed by atoms with Crippen LogP contribution in [0.15, 0.2) is 82.8 Å². The fraction of sp³-hybridized carbons (Fsp3) is 0.143. The minimum absolute atomic E-state index is 0.0509.